The fourth-order valence-electron chi connectivity index (χ4n) is 2.45. The zero-order valence-corrected chi connectivity index (χ0v) is 15.3. The molecular formula is C17H18SSn. The summed E-state index contributed by atoms with van der Waals surface area (Å²) in [6.07, 6.45) is 0. The molecule has 0 spiro atoms. The Morgan fingerprint density at radius 1 is 0.737 bits per heavy atom. The number of fused-ring (bicyclic) bond motifs is 1. The molecule has 0 nitrogen and oxygen atoms in total. The molecule has 0 N–H and O–H groups in total. The molecule has 0 unspecified atom stereocenters. The Morgan fingerprint density at radius 2 is 1.32 bits per heavy atom. The van der Waals surface area contributed by atoms with E-state index < -0.39 is 18.4 Å². The van der Waals surface area contributed by atoms with Crippen molar-refractivity contribution in [2.45, 2.75) is 14.8 Å². The molecular weight excluding hydrogens is 355 g/mol. The Balaban J connectivity index is 2.33. The molecule has 0 amide bonds. The summed E-state index contributed by atoms with van der Waals surface area (Å²) in [6, 6.07) is 19.7. The fourth-order valence-corrected chi connectivity index (χ4v) is 10.2. The van der Waals surface area contributed by atoms with Gasteiger partial charge in [-0.2, -0.15) is 0 Å². The molecule has 19 heavy (non-hydrogen) atoms. The first kappa shape index (κ1) is 13.2. The van der Waals surface area contributed by atoms with Gasteiger partial charge in [0.1, 0.15) is 0 Å². The maximum atomic E-state index is 2.50. The Kier molecular flexibility index (Phi) is 3.44. The average molecular weight is 373 g/mol. The third-order valence-electron chi connectivity index (χ3n) is 3.34. The Morgan fingerprint density at radius 3 is 1.95 bits per heavy atom. The number of rotatable bonds is 2. The molecule has 3 aromatic rings. The molecule has 0 bridgehead atoms. The van der Waals surface area contributed by atoms with Crippen LogP contribution in [-0.4, -0.2) is 18.4 Å². The fraction of sp³-hybridized carbons (Fsp3) is 0.176. The van der Waals surface area contributed by atoms with Gasteiger partial charge in [-0.3, -0.25) is 0 Å². The van der Waals surface area contributed by atoms with Crippen molar-refractivity contribution in [3.05, 3.63) is 54.6 Å². The van der Waals surface area contributed by atoms with E-state index >= 15 is 0 Å². The van der Waals surface area contributed by atoms with E-state index in [-0.39, 0.29) is 0 Å². The Bertz CT molecular complexity index is 705. The maximum absolute atomic E-state index is 2.50. The molecule has 0 aliphatic carbocycles. The van der Waals surface area contributed by atoms with Gasteiger partial charge < -0.3 is 0 Å². The summed E-state index contributed by atoms with van der Waals surface area (Å²) >= 11 is -0.0245. The quantitative estimate of drug-likeness (QED) is 0.548. The van der Waals surface area contributed by atoms with Gasteiger partial charge in [0.2, 0.25) is 0 Å². The summed E-state index contributed by atoms with van der Waals surface area (Å²) in [6.45, 7) is 0. The van der Waals surface area contributed by atoms with Crippen molar-refractivity contribution in [3.63, 3.8) is 0 Å². The number of thiophene rings is 1. The Hall–Kier alpha value is -0.801. The van der Waals surface area contributed by atoms with Crippen LogP contribution in [0.4, 0.5) is 0 Å². The van der Waals surface area contributed by atoms with E-state index in [0.717, 1.165) is 0 Å². The van der Waals surface area contributed by atoms with Gasteiger partial charge in [-0.05, 0) is 0 Å². The first-order valence-corrected chi connectivity index (χ1v) is 17.5. The monoisotopic (exact) mass is 374 g/mol. The van der Waals surface area contributed by atoms with Crippen molar-refractivity contribution < 1.29 is 0 Å². The molecule has 0 saturated heterocycles. The van der Waals surface area contributed by atoms with Crippen molar-refractivity contribution in [2.75, 3.05) is 0 Å². The van der Waals surface area contributed by atoms with Gasteiger partial charge in [-0.25, -0.2) is 0 Å². The molecule has 0 aliphatic rings. The first-order chi connectivity index (χ1) is 9.07. The van der Waals surface area contributed by atoms with E-state index in [9.17, 15) is 0 Å². The molecule has 0 saturated carbocycles. The van der Waals surface area contributed by atoms with Crippen molar-refractivity contribution in [1.29, 1.82) is 0 Å². The van der Waals surface area contributed by atoms with Crippen LogP contribution in [0.15, 0.2) is 54.6 Å². The van der Waals surface area contributed by atoms with Crippen LogP contribution < -0.4 is 2.89 Å². The third-order valence-corrected chi connectivity index (χ3v) is 14.1. The van der Waals surface area contributed by atoms with Crippen LogP contribution in [0.2, 0.25) is 14.8 Å². The molecule has 1 aromatic heterocycles. The van der Waals surface area contributed by atoms with E-state index in [2.05, 4.69) is 69.4 Å². The predicted molar refractivity (Wildman–Crippen MR) is 90.2 cm³/mol. The minimum absolute atomic E-state index is 1.35. The molecule has 0 fully saturated rings. The van der Waals surface area contributed by atoms with E-state index in [4.69, 9.17) is 0 Å². The van der Waals surface area contributed by atoms with Crippen molar-refractivity contribution in [2.24, 2.45) is 0 Å². The van der Waals surface area contributed by atoms with Gasteiger partial charge in [0, 0.05) is 0 Å². The van der Waals surface area contributed by atoms with Gasteiger partial charge in [0.25, 0.3) is 0 Å². The van der Waals surface area contributed by atoms with Crippen LogP contribution >= 0.6 is 11.3 Å². The van der Waals surface area contributed by atoms with Crippen molar-refractivity contribution in [3.8, 4) is 10.4 Å². The van der Waals surface area contributed by atoms with Crippen molar-refractivity contribution >= 4 is 43.4 Å². The van der Waals surface area contributed by atoms with Gasteiger partial charge in [0.05, 0.1) is 0 Å². The second-order valence-electron chi connectivity index (χ2n) is 5.92. The van der Waals surface area contributed by atoms with Crippen LogP contribution in [0.1, 0.15) is 0 Å². The van der Waals surface area contributed by atoms with Crippen molar-refractivity contribution in [1.82, 2.24) is 0 Å². The topological polar surface area (TPSA) is 0 Å². The summed E-state index contributed by atoms with van der Waals surface area (Å²) in [5.41, 5.74) is 1.35. The van der Waals surface area contributed by atoms with Gasteiger partial charge in [-0.1, -0.05) is 0 Å². The summed E-state index contributed by atoms with van der Waals surface area (Å²) in [5.74, 6) is 0. The summed E-state index contributed by atoms with van der Waals surface area (Å²) in [4.78, 5) is 8.95. The molecule has 0 atom stereocenters. The molecule has 0 aliphatic heterocycles. The van der Waals surface area contributed by atoms with E-state index in [1.807, 2.05) is 11.3 Å². The second kappa shape index (κ2) is 4.95. The number of hydrogen-bond donors (Lipinski definition) is 0. The molecule has 3 rings (SSSR count). The summed E-state index contributed by atoms with van der Waals surface area (Å²) in [7, 11) is 0. The number of benzene rings is 2. The van der Waals surface area contributed by atoms with Crippen LogP contribution in [-0.2, 0) is 0 Å². The third kappa shape index (κ3) is 2.46. The normalized spacial score (nSPS) is 11.9. The van der Waals surface area contributed by atoms with Crippen LogP contribution in [0, 0.1) is 0 Å². The standard InChI is InChI=1S/C14H9S.3CH3.Sn/c1-2-6-11(7-3-1)14-13-9-5-4-8-12(13)10-15-14;;;;/h1-9H;3*1H3;. The molecule has 96 valence electrons. The predicted octanol–water partition coefficient (Wildman–Crippen LogP) is 5.11. The van der Waals surface area contributed by atoms with Crippen LogP contribution in [0.5, 0.6) is 0 Å². The van der Waals surface area contributed by atoms with Gasteiger partial charge in [-0.15, -0.1) is 0 Å². The molecule has 2 aromatic carbocycles. The van der Waals surface area contributed by atoms with Crippen LogP contribution in [0.25, 0.3) is 21.2 Å². The molecule has 2 heteroatoms. The van der Waals surface area contributed by atoms with E-state index in [1.165, 1.54) is 21.2 Å². The van der Waals surface area contributed by atoms with E-state index in [0.29, 0.717) is 0 Å². The van der Waals surface area contributed by atoms with Gasteiger partial charge in [0.15, 0.2) is 0 Å². The first-order valence-electron chi connectivity index (χ1n) is 6.65. The zero-order chi connectivity index (χ0) is 13.5. The minimum atomic E-state index is -2.05. The average Bonchev–Trinajstić information content (AvgIpc) is 2.79. The second-order valence-corrected chi connectivity index (χ2v) is 22.2. The van der Waals surface area contributed by atoms with Crippen LogP contribution in [0.3, 0.4) is 0 Å². The number of hydrogen-bond acceptors (Lipinski definition) is 1. The molecule has 0 radical (unpaired) electrons. The van der Waals surface area contributed by atoms with E-state index in [1.54, 1.807) is 2.89 Å². The zero-order valence-electron chi connectivity index (χ0n) is 11.6. The Labute approximate surface area is 123 Å². The summed E-state index contributed by atoms with van der Waals surface area (Å²) < 4.78 is 1.68. The molecule has 1 heterocycles. The van der Waals surface area contributed by atoms with Gasteiger partial charge >= 0.3 is 123 Å². The SMILES string of the molecule is [CH3][Sn]([CH3])([CH3])[c]1sc(-c2ccccc2)c2ccccc12. The summed E-state index contributed by atoms with van der Waals surface area (Å²) in [5, 5.41) is 2.93.